The maximum absolute atomic E-state index is 16.0. The summed E-state index contributed by atoms with van der Waals surface area (Å²) in [6.45, 7) is 5.60. The van der Waals surface area contributed by atoms with Gasteiger partial charge >= 0.3 is 0 Å². The largest absolute Gasteiger partial charge is 0.374 e. The molecule has 1 fully saturated rings. The van der Waals surface area contributed by atoms with Gasteiger partial charge < -0.3 is 25.2 Å². The Morgan fingerprint density at radius 1 is 1.16 bits per heavy atom. The van der Waals surface area contributed by atoms with Gasteiger partial charge in [-0.3, -0.25) is 10.1 Å². The van der Waals surface area contributed by atoms with Gasteiger partial charge in [-0.2, -0.15) is 5.10 Å². The molecule has 1 unspecified atom stereocenters. The number of nitrogens with one attached hydrogen (secondary N) is 3. The molecule has 5 aromatic rings. The minimum atomic E-state index is -0.707. The Bertz CT molecular complexity index is 1590. The van der Waals surface area contributed by atoms with Crippen molar-refractivity contribution in [3.05, 3.63) is 42.7 Å². The van der Waals surface area contributed by atoms with Crippen LogP contribution in [-0.2, 0) is 0 Å². The number of halogens is 1. The summed E-state index contributed by atoms with van der Waals surface area (Å²) in [4.78, 5) is 25.8. The molecule has 6 heterocycles. The number of aliphatic hydroxyl groups excluding tert-OH is 1. The van der Waals surface area contributed by atoms with Crippen LogP contribution in [-0.4, -0.2) is 84.6 Å². The van der Waals surface area contributed by atoms with Crippen LogP contribution >= 0.6 is 0 Å². The second kappa shape index (κ2) is 9.95. The van der Waals surface area contributed by atoms with E-state index in [4.69, 9.17) is 4.98 Å². The number of hydrogen-bond acceptors (Lipinski definition) is 9. The number of fused-ring (bicyclic) bond motifs is 2. The van der Waals surface area contributed by atoms with Gasteiger partial charge in [0, 0.05) is 55.9 Å². The molecule has 38 heavy (non-hydrogen) atoms. The molecule has 0 aromatic carbocycles. The van der Waals surface area contributed by atoms with Crippen LogP contribution in [0.5, 0.6) is 0 Å². The molecule has 0 aliphatic carbocycles. The standard InChI is InChI=1S/C26H29FN10O/c1-3-4-19(38)31-16-11-15(12-28-13-16)17-14-30-24-20(21(17)27)23(34-35-24)25-32-18-5-6-29-26(22(18)33-25)37-9-7-36(2)8-10-37/h5-6,11-14,19,31,38H,3-4,7-10H2,1-2H3,(H,32,33)(H,30,34,35). The van der Waals surface area contributed by atoms with Crippen LogP contribution in [0.25, 0.3) is 44.7 Å². The predicted octanol–water partition coefficient (Wildman–Crippen LogP) is 3.38. The summed E-state index contributed by atoms with van der Waals surface area (Å²) in [5.41, 5.74) is 3.59. The van der Waals surface area contributed by atoms with Gasteiger partial charge in [-0.15, -0.1) is 0 Å². The van der Waals surface area contributed by atoms with Gasteiger partial charge in [-0.05, 0) is 25.6 Å². The van der Waals surface area contributed by atoms with E-state index in [1.807, 2.05) is 13.0 Å². The molecule has 5 aromatic heterocycles. The summed E-state index contributed by atoms with van der Waals surface area (Å²) in [7, 11) is 2.11. The van der Waals surface area contributed by atoms with Crippen LogP contribution in [0, 0.1) is 5.82 Å². The number of anilines is 2. The first kappa shape index (κ1) is 24.2. The number of aromatic amines is 2. The first-order valence-corrected chi connectivity index (χ1v) is 12.7. The van der Waals surface area contributed by atoms with Gasteiger partial charge in [0.05, 0.1) is 22.8 Å². The molecule has 0 saturated carbocycles. The van der Waals surface area contributed by atoms with Crippen molar-refractivity contribution in [1.29, 1.82) is 0 Å². The lowest BCUT2D eigenvalue weighted by Gasteiger charge is -2.33. The van der Waals surface area contributed by atoms with E-state index in [1.54, 1.807) is 24.7 Å². The Hall–Kier alpha value is -4.16. The van der Waals surface area contributed by atoms with Crippen molar-refractivity contribution >= 4 is 33.6 Å². The summed E-state index contributed by atoms with van der Waals surface area (Å²) < 4.78 is 16.0. The molecular weight excluding hydrogens is 487 g/mol. The van der Waals surface area contributed by atoms with Crippen molar-refractivity contribution < 1.29 is 9.50 Å². The molecule has 12 heteroatoms. The van der Waals surface area contributed by atoms with Crippen molar-refractivity contribution in [3.63, 3.8) is 0 Å². The number of aliphatic hydroxyl groups is 1. The van der Waals surface area contributed by atoms with Crippen molar-refractivity contribution in [2.24, 2.45) is 0 Å². The number of aromatic nitrogens is 7. The normalized spacial score (nSPS) is 15.4. The lowest BCUT2D eigenvalue weighted by atomic mass is 10.1. The Morgan fingerprint density at radius 2 is 2.00 bits per heavy atom. The summed E-state index contributed by atoms with van der Waals surface area (Å²) in [5, 5.41) is 20.5. The average Bonchev–Trinajstić information content (AvgIpc) is 3.54. The molecule has 11 nitrogen and oxygen atoms in total. The van der Waals surface area contributed by atoms with Crippen LogP contribution in [0.2, 0.25) is 0 Å². The fraction of sp³-hybridized carbons (Fsp3) is 0.346. The lowest BCUT2D eigenvalue weighted by molar-refractivity contribution is 0.192. The van der Waals surface area contributed by atoms with Crippen molar-refractivity contribution in [3.8, 4) is 22.6 Å². The maximum atomic E-state index is 16.0. The van der Waals surface area contributed by atoms with Gasteiger partial charge in [0.1, 0.15) is 23.3 Å². The van der Waals surface area contributed by atoms with Crippen molar-refractivity contribution in [2.45, 2.75) is 26.0 Å². The van der Waals surface area contributed by atoms with Gasteiger partial charge in [0.2, 0.25) is 0 Å². The summed E-state index contributed by atoms with van der Waals surface area (Å²) in [6, 6.07) is 3.60. The van der Waals surface area contributed by atoms with E-state index < -0.39 is 12.0 Å². The van der Waals surface area contributed by atoms with E-state index in [9.17, 15) is 5.11 Å². The van der Waals surface area contributed by atoms with Crippen molar-refractivity contribution in [2.75, 3.05) is 43.4 Å². The molecule has 1 aliphatic rings. The fourth-order valence-corrected chi connectivity index (χ4v) is 4.81. The number of hydrogen-bond donors (Lipinski definition) is 4. The fourth-order valence-electron chi connectivity index (χ4n) is 4.81. The number of likely N-dealkylation sites (N-methyl/N-ethyl adjacent to an activating group) is 1. The first-order chi connectivity index (χ1) is 18.5. The maximum Gasteiger partial charge on any atom is 0.160 e. The van der Waals surface area contributed by atoms with E-state index in [0.717, 1.165) is 49.5 Å². The molecule has 0 radical (unpaired) electrons. The second-order valence-electron chi connectivity index (χ2n) is 9.60. The molecule has 0 bridgehead atoms. The summed E-state index contributed by atoms with van der Waals surface area (Å²) in [6.07, 6.45) is 7.08. The van der Waals surface area contributed by atoms with Gasteiger partial charge in [0.25, 0.3) is 0 Å². The molecule has 196 valence electrons. The summed E-state index contributed by atoms with van der Waals surface area (Å²) >= 11 is 0. The molecule has 0 spiro atoms. The average molecular weight is 517 g/mol. The van der Waals surface area contributed by atoms with E-state index in [-0.39, 0.29) is 10.9 Å². The molecule has 1 aliphatic heterocycles. The minimum Gasteiger partial charge on any atom is -0.374 e. The predicted molar refractivity (Wildman–Crippen MR) is 144 cm³/mol. The van der Waals surface area contributed by atoms with E-state index >= 15 is 4.39 Å². The van der Waals surface area contributed by atoms with E-state index in [2.05, 4.69) is 52.3 Å². The smallest absolute Gasteiger partial charge is 0.160 e. The van der Waals surface area contributed by atoms with Gasteiger partial charge in [0.15, 0.2) is 17.3 Å². The topological polar surface area (TPSA) is 135 Å². The Kier molecular flexibility index (Phi) is 6.34. The molecule has 4 N–H and O–H groups in total. The van der Waals surface area contributed by atoms with E-state index in [1.165, 1.54) is 6.20 Å². The third-order valence-electron chi connectivity index (χ3n) is 6.88. The number of rotatable bonds is 7. The van der Waals surface area contributed by atoms with Gasteiger partial charge in [-0.1, -0.05) is 13.3 Å². The van der Waals surface area contributed by atoms with Crippen LogP contribution in [0.3, 0.4) is 0 Å². The molecule has 1 saturated heterocycles. The van der Waals surface area contributed by atoms with Gasteiger partial charge in [-0.25, -0.2) is 19.3 Å². The highest BCUT2D eigenvalue weighted by atomic mass is 19.1. The number of pyridine rings is 3. The number of imidazole rings is 1. The number of H-pyrrole nitrogens is 2. The Labute approximate surface area is 218 Å². The highest BCUT2D eigenvalue weighted by molar-refractivity contribution is 5.96. The zero-order valence-corrected chi connectivity index (χ0v) is 21.2. The van der Waals surface area contributed by atoms with E-state index in [0.29, 0.717) is 34.8 Å². The van der Waals surface area contributed by atoms with Crippen molar-refractivity contribution in [1.82, 2.24) is 40.0 Å². The first-order valence-electron chi connectivity index (χ1n) is 12.7. The molecule has 1 atom stereocenters. The Balaban J connectivity index is 1.39. The molecule has 6 rings (SSSR count). The lowest BCUT2D eigenvalue weighted by Crippen LogP contribution is -2.44. The third kappa shape index (κ3) is 4.41. The van der Waals surface area contributed by atoms with Crippen LogP contribution in [0.4, 0.5) is 15.9 Å². The Morgan fingerprint density at radius 3 is 2.82 bits per heavy atom. The van der Waals surface area contributed by atoms with Crippen LogP contribution < -0.4 is 10.2 Å². The monoisotopic (exact) mass is 516 g/mol. The zero-order chi connectivity index (χ0) is 26.2. The number of piperazine rings is 1. The second-order valence-corrected chi connectivity index (χ2v) is 9.60. The quantitative estimate of drug-likeness (QED) is 0.240. The molecule has 0 amide bonds. The molecular formula is C26H29FN10O. The highest BCUT2D eigenvalue weighted by Crippen LogP contribution is 2.34. The zero-order valence-electron chi connectivity index (χ0n) is 21.2. The minimum absolute atomic E-state index is 0.236. The summed E-state index contributed by atoms with van der Waals surface area (Å²) in [5.74, 6) is 0.756. The SMILES string of the molecule is CCCC(O)Nc1cncc(-c2cnc3[nH]nc(-c4nc5c(N6CCN(C)CC6)nccc5[nH]4)c3c2F)c1. The number of nitrogens with zero attached hydrogens (tertiary/aromatic N) is 7. The third-order valence-corrected chi connectivity index (χ3v) is 6.88. The van der Waals surface area contributed by atoms with Crippen LogP contribution in [0.15, 0.2) is 36.9 Å². The highest BCUT2D eigenvalue weighted by Gasteiger charge is 2.23. The van der Waals surface area contributed by atoms with Crippen LogP contribution in [0.1, 0.15) is 19.8 Å².